The van der Waals surface area contributed by atoms with Gasteiger partial charge in [-0.2, -0.15) is 0 Å². The summed E-state index contributed by atoms with van der Waals surface area (Å²) >= 11 is 14.8. The summed E-state index contributed by atoms with van der Waals surface area (Å²) in [5, 5.41) is 0. The quantitative estimate of drug-likeness (QED) is 0.496. The molecule has 0 heterocycles. The molecule has 0 aromatic carbocycles. The molecule has 0 radical (unpaired) electrons. The molecule has 0 aromatic rings. The summed E-state index contributed by atoms with van der Waals surface area (Å²) < 4.78 is -0.0546. The van der Waals surface area contributed by atoms with Crippen molar-refractivity contribution >= 4 is 63.7 Å². The van der Waals surface area contributed by atoms with Gasteiger partial charge >= 0.3 is 0 Å². The molecule has 0 spiro atoms. The van der Waals surface area contributed by atoms with Gasteiger partial charge in [-0.3, -0.25) is 0 Å². The normalized spacial score (nSPS) is 47.0. The van der Waals surface area contributed by atoms with Gasteiger partial charge in [0.15, 0.2) is 0 Å². The van der Waals surface area contributed by atoms with Gasteiger partial charge in [0, 0.05) is 10.7 Å². The fourth-order valence-corrected chi connectivity index (χ4v) is 7.02. The standard InChI is InChI=1S/C8H10Br4/c9-7-5-2-1-4(3-5)6(7)8(10,11)12/h4-7H,1-3H2. The molecular weight excluding hydrogens is 416 g/mol. The largest absolute Gasteiger partial charge is 0.139 e. The highest BCUT2D eigenvalue weighted by atomic mass is 80.0. The van der Waals surface area contributed by atoms with Crippen LogP contribution in [0.4, 0.5) is 0 Å². The van der Waals surface area contributed by atoms with Crippen LogP contribution in [0, 0.1) is 17.8 Å². The first-order valence-corrected chi connectivity index (χ1v) is 7.50. The first-order valence-electron chi connectivity index (χ1n) is 4.21. The highest BCUT2D eigenvalue weighted by Gasteiger charge is 2.53. The predicted octanol–water partition coefficient (Wildman–Crippen LogP) is 4.63. The van der Waals surface area contributed by atoms with Crippen LogP contribution in [0.5, 0.6) is 0 Å². The van der Waals surface area contributed by atoms with Crippen molar-refractivity contribution in [2.75, 3.05) is 0 Å². The molecule has 2 rings (SSSR count). The van der Waals surface area contributed by atoms with Crippen molar-refractivity contribution in [1.82, 2.24) is 0 Å². The molecule has 4 atom stereocenters. The van der Waals surface area contributed by atoms with Crippen LogP contribution in [0.25, 0.3) is 0 Å². The van der Waals surface area contributed by atoms with Crippen molar-refractivity contribution in [3.05, 3.63) is 0 Å². The van der Waals surface area contributed by atoms with Gasteiger partial charge in [-0.15, -0.1) is 0 Å². The summed E-state index contributed by atoms with van der Waals surface area (Å²) in [5.74, 6) is 2.47. The Bertz CT molecular complexity index is 184. The molecule has 70 valence electrons. The Kier molecular flexibility index (Phi) is 3.04. The number of halogens is 4. The molecule has 4 unspecified atom stereocenters. The van der Waals surface area contributed by atoms with Crippen molar-refractivity contribution in [2.24, 2.45) is 17.8 Å². The van der Waals surface area contributed by atoms with Gasteiger partial charge in [-0.1, -0.05) is 63.7 Å². The summed E-state index contributed by atoms with van der Waals surface area (Å²) in [7, 11) is 0. The maximum Gasteiger partial charge on any atom is 0.139 e. The highest BCUT2D eigenvalue weighted by Crippen LogP contribution is 2.60. The van der Waals surface area contributed by atoms with Gasteiger partial charge < -0.3 is 0 Å². The van der Waals surface area contributed by atoms with Gasteiger partial charge in [0.05, 0.1) is 0 Å². The maximum absolute atomic E-state index is 3.81. The number of hydrogen-bond acceptors (Lipinski definition) is 0. The molecule has 0 amide bonds. The molecule has 2 aliphatic carbocycles. The summed E-state index contributed by atoms with van der Waals surface area (Å²) in [6, 6.07) is 0. The zero-order chi connectivity index (χ0) is 8.93. The summed E-state index contributed by atoms with van der Waals surface area (Å²) in [6.45, 7) is 0. The van der Waals surface area contributed by atoms with Crippen LogP contribution in [0.2, 0.25) is 0 Å². The number of rotatable bonds is 0. The van der Waals surface area contributed by atoms with E-state index in [9.17, 15) is 0 Å². The van der Waals surface area contributed by atoms with E-state index < -0.39 is 0 Å². The number of alkyl halides is 4. The molecule has 0 nitrogen and oxygen atoms in total. The van der Waals surface area contributed by atoms with Crippen molar-refractivity contribution in [3.8, 4) is 0 Å². The van der Waals surface area contributed by atoms with E-state index in [-0.39, 0.29) is 2.14 Å². The SMILES string of the molecule is BrC1C2CCC(C2)C1C(Br)(Br)Br. The molecular formula is C8H10Br4. The lowest BCUT2D eigenvalue weighted by atomic mass is 9.90. The topological polar surface area (TPSA) is 0 Å². The lowest BCUT2D eigenvalue weighted by Gasteiger charge is -2.33. The Morgan fingerprint density at radius 1 is 1.00 bits per heavy atom. The minimum atomic E-state index is -0.0546. The van der Waals surface area contributed by atoms with E-state index in [1.807, 2.05) is 0 Å². The van der Waals surface area contributed by atoms with Crippen LogP contribution in [0.3, 0.4) is 0 Å². The van der Waals surface area contributed by atoms with Crippen molar-refractivity contribution in [3.63, 3.8) is 0 Å². The molecule has 0 N–H and O–H groups in total. The van der Waals surface area contributed by atoms with Crippen LogP contribution < -0.4 is 0 Å². The second kappa shape index (κ2) is 3.49. The van der Waals surface area contributed by atoms with Gasteiger partial charge in [0.2, 0.25) is 0 Å². The molecule has 2 bridgehead atoms. The third kappa shape index (κ3) is 1.70. The molecule has 4 heteroatoms. The van der Waals surface area contributed by atoms with Crippen LogP contribution >= 0.6 is 63.7 Å². The average molecular weight is 426 g/mol. The zero-order valence-electron chi connectivity index (χ0n) is 6.44. The van der Waals surface area contributed by atoms with Gasteiger partial charge in [-0.25, -0.2) is 0 Å². The Morgan fingerprint density at radius 3 is 1.92 bits per heavy atom. The zero-order valence-corrected chi connectivity index (χ0v) is 12.8. The van der Waals surface area contributed by atoms with Crippen molar-refractivity contribution < 1.29 is 0 Å². The third-order valence-corrected chi connectivity index (χ3v) is 6.10. The predicted molar refractivity (Wildman–Crippen MR) is 66.5 cm³/mol. The first-order chi connectivity index (χ1) is 5.50. The van der Waals surface area contributed by atoms with E-state index in [0.29, 0.717) is 10.7 Å². The molecule has 0 saturated heterocycles. The Labute approximate surface area is 107 Å². The second-order valence-electron chi connectivity index (χ2n) is 3.85. The number of hydrogen-bond donors (Lipinski definition) is 0. The minimum Gasteiger partial charge on any atom is -0.0883 e. The van der Waals surface area contributed by atoms with Crippen molar-refractivity contribution in [2.45, 2.75) is 26.2 Å². The van der Waals surface area contributed by atoms with E-state index in [1.54, 1.807) is 0 Å². The lowest BCUT2D eigenvalue weighted by molar-refractivity contribution is 0.367. The van der Waals surface area contributed by atoms with E-state index in [2.05, 4.69) is 63.7 Å². The van der Waals surface area contributed by atoms with E-state index >= 15 is 0 Å². The molecule has 0 aliphatic heterocycles. The van der Waals surface area contributed by atoms with Crippen LogP contribution in [-0.2, 0) is 0 Å². The smallest absolute Gasteiger partial charge is 0.0883 e. The Morgan fingerprint density at radius 2 is 1.58 bits per heavy atom. The Balaban J connectivity index is 2.17. The molecule has 2 aliphatic rings. The lowest BCUT2D eigenvalue weighted by Crippen LogP contribution is -2.32. The van der Waals surface area contributed by atoms with Crippen molar-refractivity contribution in [1.29, 1.82) is 0 Å². The van der Waals surface area contributed by atoms with E-state index in [0.717, 1.165) is 11.8 Å². The molecule has 2 fully saturated rings. The fraction of sp³-hybridized carbons (Fsp3) is 1.00. The summed E-state index contributed by atoms with van der Waals surface area (Å²) in [6.07, 6.45) is 4.23. The van der Waals surface area contributed by atoms with Gasteiger partial charge in [0.1, 0.15) is 2.14 Å². The Hall–Kier alpha value is 1.92. The minimum absolute atomic E-state index is 0.0546. The maximum atomic E-state index is 3.81. The average Bonchev–Trinajstić information content (AvgIpc) is 2.42. The third-order valence-electron chi connectivity index (χ3n) is 3.19. The fourth-order valence-electron chi connectivity index (χ4n) is 2.67. The summed E-state index contributed by atoms with van der Waals surface area (Å²) in [4.78, 5) is 0.675. The molecule has 0 aromatic heterocycles. The number of fused-ring (bicyclic) bond motifs is 2. The molecule has 2 saturated carbocycles. The van der Waals surface area contributed by atoms with Crippen LogP contribution in [0.15, 0.2) is 0 Å². The highest BCUT2D eigenvalue weighted by molar-refractivity contribution is 9.39. The summed E-state index contributed by atoms with van der Waals surface area (Å²) in [5.41, 5.74) is 0. The first kappa shape index (κ1) is 10.4. The monoisotopic (exact) mass is 422 g/mol. The second-order valence-corrected chi connectivity index (χ2v) is 11.8. The van der Waals surface area contributed by atoms with E-state index in [4.69, 9.17) is 0 Å². The van der Waals surface area contributed by atoms with Gasteiger partial charge in [-0.05, 0) is 31.1 Å². The van der Waals surface area contributed by atoms with Crippen LogP contribution in [0.1, 0.15) is 19.3 Å². The van der Waals surface area contributed by atoms with Crippen LogP contribution in [-0.4, -0.2) is 6.97 Å². The van der Waals surface area contributed by atoms with Gasteiger partial charge in [0.25, 0.3) is 0 Å². The molecule has 12 heavy (non-hydrogen) atoms. The van der Waals surface area contributed by atoms with E-state index in [1.165, 1.54) is 19.3 Å².